The summed E-state index contributed by atoms with van der Waals surface area (Å²) in [6.07, 6.45) is 1.12. The summed E-state index contributed by atoms with van der Waals surface area (Å²) in [4.78, 5) is 0. The molecule has 2 heterocycles. The van der Waals surface area contributed by atoms with E-state index in [0.29, 0.717) is 5.41 Å². The summed E-state index contributed by atoms with van der Waals surface area (Å²) in [5.41, 5.74) is 2.73. The zero-order valence-corrected chi connectivity index (χ0v) is 11.1. The van der Waals surface area contributed by atoms with Gasteiger partial charge in [-0.25, -0.2) is 0 Å². The van der Waals surface area contributed by atoms with E-state index in [-0.39, 0.29) is 0 Å². The Balaban J connectivity index is 1.61. The second-order valence-corrected chi connectivity index (χ2v) is 5.48. The molecule has 0 radical (unpaired) electrons. The maximum atomic E-state index is 5.23. The third-order valence-electron chi connectivity index (χ3n) is 3.28. The highest BCUT2D eigenvalue weighted by molar-refractivity contribution is 5.06. The van der Waals surface area contributed by atoms with Crippen LogP contribution in [0, 0.1) is 19.3 Å². The Kier molecular flexibility index (Phi) is 3.84. The van der Waals surface area contributed by atoms with E-state index in [2.05, 4.69) is 35.0 Å². The van der Waals surface area contributed by atoms with Crippen LogP contribution in [0.15, 0.2) is 6.07 Å². The Labute approximate surface area is 103 Å². The number of aromatic nitrogens is 2. The van der Waals surface area contributed by atoms with Gasteiger partial charge in [-0.05, 0) is 32.9 Å². The van der Waals surface area contributed by atoms with E-state index in [0.717, 1.165) is 45.0 Å². The average molecular weight is 237 g/mol. The monoisotopic (exact) mass is 237 g/mol. The first kappa shape index (κ1) is 12.6. The van der Waals surface area contributed by atoms with Gasteiger partial charge in [0.2, 0.25) is 0 Å². The van der Waals surface area contributed by atoms with E-state index >= 15 is 0 Å². The molecule has 17 heavy (non-hydrogen) atoms. The lowest BCUT2D eigenvalue weighted by atomic mass is 9.89. The van der Waals surface area contributed by atoms with Crippen LogP contribution in [-0.2, 0) is 11.3 Å². The van der Waals surface area contributed by atoms with Crippen molar-refractivity contribution >= 4 is 0 Å². The average Bonchev–Trinajstić information content (AvgIpc) is 2.54. The topological polar surface area (TPSA) is 39.1 Å². The lowest BCUT2D eigenvalue weighted by Gasteiger charge is -2.38. The van der Waals surface area contributed by atoms with Crippen molar-refractivity contribution in [3.63, 3.8) is 0 Å². The molecule has 4 heteroatoms. The molecule has 0 amide bonds. The van der Waals surface area contributed by atoms with E-state index in [1.54, 1.807) is 0 Å². The quantitative estimate of drug-likeness (QED) is 0.762. The molecule has 1 aromatic rings. The van der Waals surface area contributed by atoms with Gasteiger partial charge in [0.25, 0.3) is 0 Å². The molecule has 1 saturated heterocycles. The molecular formula is C13H23N3O. The van der Waals surface area contributed by atoms with Gasteiger partial charge in [0.05, 0.1) is 18.9 Å². The summed E-state index contributed by atoms with van der Waals surface area (Å²) in [6, 6.07) is 2.13. The smallest absolute Gasteiger partial charge is 0.0596 e. The first-order chi connectivity index (χ1) is 8.09. The van der Waals surface area contributed by atoms with Crippen molar-refractivity contribution in [1.29, 1.82) is 0 Å². The molecule has 96 valence electrons. The van der Waals surface area contributed by atoms with E-state index in [1.807, 2.05) is 6.92 Å². The zero-order valence-electron chi connectivity index (χ0n) is 11.1. The number of nitrogens with zero attached hydrogens (tertiary/aromatic N) is 2. The third kappa shape index (κ3) is 3.30. The van der Waals surface area contributed by atoms with E-state index < -0.39 is 0 Å². The van der Waals surface area contributed by atoms with Crippen molar-refractivity contribution in [2.75, 3.05) is 26.3 Å². The molecule has 1 N–H and O–H groups in total. The molecular weight excluding hydrogens is 214 g/mol. The molecule has 0 spiro atoms. The van der Waals surface area contributed by atoms with Gasteiger partial charge in [0.15, 0.2) is 0 Å². The molecule has 0 bridgehead atoms. The van der Waals surface area contributed by atoms with Crippen molar-refractivity contribution in [2.45, 2.75) is 33.7 Å². The van der Waals surface area contributed by atoms with Crippen LogP contribution in [0.1, 0.15) is 24.7 Å². The van der Waals surface area contributed by atoms with Gasteiger partial charge in [-0.15, -0.1) is 0 Å². The van der Waals surface area contributed by atoms with Gasteiger partial charge in [0.1, 0.15) is 0 Å². The van der Waals surface area contributed by atoms with Gasteiger partial charge in [0, 0.05) is 24.2 Å². The molecule has 4 nitrogen and oxygen atoms in total. The van der Waals surface area contributed by atoms with Crippen molar-refractivity contribution in [3.8, 4) is 0 Å². The summed E-state index contributed by atoms with van der Waals surface area (Å²) in [5.74, 6) is 0. The maximum absolute atomic E-state index is 5.23. The van der Waals surface area contributed by atoms with Crippen LogP contribution < -0.4 is 5.32 Å². The maximum Gasteiger partial charge on any atom is 0.0596 e. The van der Waals surface area contributed by atoms with Crippen molar-refractivity contribution in [1.82, 2.24) is 15.1 Å². The highest BCUT2D eigenvalue weighted by Crippen LogP contribution is 2.24. The van der Waals surface area contributed by atoms with Gasteiger partial charge >= 0.3 is 0 Å². The zero-order chi connectivity index (χ0) is 12.3. The number of hydrogen-bond donors (Lipinski definition) is 1. The highest BCUT2D eigenvalue weighted by atomic mass is 16.5. The second-order valence-electron chi connectivity index (χ2n) is 5.48. The van der Waals surface area contributed by atoms with Crippen LogP contribution in [0.3, 0.4) is 0 Å². The third-order valence-corrected chi connectivity index (χ3v) is 3.28. The number of hydrogen-bond acceptors (Lipinski definition) is 3. The Morgan fingerprint density at radius 3 is 2.76 bits per heavy atom. The fourth-order valence-corrected chi connectivity index (χ4v) is 2.20. The summed E-state index contributed by atoms with van der Waals surface area (Å²) in [6.45, 7) is 11.3. The lowest BCUT2D eigenvalue weighted by molar-refractivity contribution is -0.0989. The normalized spacial score (nSPS) is 18.1. The Hall–Kier alpha value is -0.870. The standard InChI is InChI=1S/C13H23N3O/c1-11-7-12(2)16(15-11)6-4-5-14-8-13(3)9-17-10-13/h7,14H,4-6,8-10H2,1-3H3. The number of rotatable bonds is 6. The van der Waals surface area contributed by atoms with Gasteiger partial charge in [-0.2, -0.15) is 5.10 Å². The van der Waals surface area contributed by atoms with Crippen LogP contribution in [0.2, 0.25) is 0 Å². The molecule has 1 aliphatic rings. The summed E-state index contributed by atoms with van der Waals surface area (Å²) < 4.78 is 7.32. The van der Waals surface area contributed by atoms with Crippen molar-refractivity contribution in [2.24, 2.45) is 5.41 Å². The predicted octanol–water partition coefficient (Wildman–Crippen LogP) is 1.52. The molecule has 1 aliphatic heterocycles. The molecule has 1 fully saturated rings. The number of nitrogens with one attached hydrogen (secondary N) is 1. The molecule has 0 aliphatic carbocycles. The van der Waals surface area contributed by atoms with Crippen molar-refractivity contribution < 1.29 is 4.74 Å². The lowest BCUT2D eigenvalue weighted by Crippen LogP contribution is -2.47. The van der Waals surface area contributed by atoms with E-state index in [1.165, 1.54) is 5.69 Å². The Morgan fingerprint density at radius 2 is 2.24 bits per heavy atom. The Bertz CT molecular complexity index is 369. The molecule has 0 atom stereocenters. The first-order valence-electron chi connectivity index (χ1n) is 6.39. The van der Waals surface area contributed by atoms with Gasteiger partial charge in [-0.1, -0.05) is 6.92 Å². The molecule has 1 aromatic heterocycles. The molecule has 0 saturated carbocycles. The summed E-state index contributed by atoms with van der Waals surface area (Å²) >= 11 is 0. The van der Waals surface area contributed by atoms with E-state index in [4.69, 9.17) is 4.74 Å². The largest absolute Gasteiger partial charge is 0.380 e. The SMILES string of the molecule is Cc1cc(C)n(CCCNCC2(C)COC2)n1. The number of ether oxygens (including phenoxy) is 1. The fourth-order valence-electron chi connectivity index (χ4n) is 2.20. The van der Waals surface area contributed by atoms with Crippen LogP contribution in [0.25, 0.3) is 0 Å². The minimum atomic E-state index is 0.373. The first-order valence-corrected chi connectivity index (χ1v) is 6.39. The molecule has 2 rings (SSSR count). The fraction of sp³-hybridized carbons (Fsp3) is 0.769. The summed E-state index contributed by atoms with van der Waals surface area (Å²) in [5, 5.41) is 7.96. The molecule has 0 aromatic carbocycles. The highest BCUT2D eigenvalue weighted by Gasteiger charge is 2.32. The molecule has 0 unspecified atom stereocenters. The van der Waals surface area contributed by atoms with Crippen LogP contribution >= 0.6 is 0 Å². The Morgan fingerprint density at radius 1 is 1.47 bits per heavy atom. The van der Waals surface area contributed by atoms with Crippen LogP contribution in [-0.4, -0.2) is 36.1 Å². The van der Waals surface area contributed by atoms with Gasteiger partial charge in [-0.3, -0.25) is 4.68 Å². The predicted molar refractivity (Wildman–Crippen MR) is 68.1 cm³/mol. The van der Waals surface area contributed by atoms with E-state index in [9.17, 15) is 0 Å². The minimum absolute atomic E-state index is 0.373. The van der Waals surface area contributed by atoms with Crippen molar-refractivity contribution in [3.05, 3.63) is 17.5 Å². The summed E-state index contributed by atoms with van der Waals surface area (Å²) in [7, 11) is 0. The van der Waals surface area contributed by atoms with Crippen LogP contribution in [0.5, 0.6) is 0 Å². The number of aryl methyl sites for hydroxylation is 3. The minimum Gasteiger partial charge on any atom is -0.380 e. The second kappa shape index (κ2) is 5.19. The van der Waals surface area contributed by atoms with Crippen LogP contribution in [0.4, 0.5) is 0 Å². The van der Waals surface area contributed by atoms with Gasteiger partial charge < -0.3 is 10.1 Å².